The van der Waals surface area contributed by atoms with E-state index in [2.05, 4.69) is 43.4 Å². The van der Waals surface area contributed by atoms with E-state index < -0.39 is 0 Å². The van der Waals surface area contributed by atoms with Crippen LogP contribution in [-0.4, -0.2) is 12.6 Å². The van der Waals surface area contributed by atoms with Crippen LogP contribution in [0.25, 0.3) is 0 Å². The van der Waals surface area contributed by atoms with Gasteiger partial charge in [0.15, 0.2) is 0 Å². The molecular formula is C28H48O2. The summed E-state index contributed by atoms with van der Waals surface area (Å²) < 4.78 is 5.36. The van der Waals surface area contributed by atoms with Crippen LogP contribution in [0.2, 0.25) is 0 Å². The predicted molar refractivity (Wildman–Crippen MR) is 131 cm³/mol. The van der Waals surface area contributed by atoms with Gasteiger partial charge in [-0.25, -0.2) is 0 Å². The first kappa shape index (κ1) is 26.7. The molecule has 0 aromatic carbocycles. The van der Waals surface area contributed by atoms with Crippen LogP contribution < -0.4 is 0 Å². The maximum absolute atomic E-state index is 11.7. The SMILES string of the molecule is CCCCC=CC=CC=CCCCCCCCCOC(=O)CCCCCCC1CC1. The van der Waals surface area contributed by atoms with Crippen LogP contribution in [0.4, 0.5) is 0 Å². The minimum Gasteiger partial charge on any atom is -0.466 e. The first-order valence-electron chi connectivity index (χ1n) is 13.0. The molecule has 0 saturated heterocycles. The van der Waals surface area contributed by atoms with E-state index in [4.69, 9.17) is 4.74 Å². The van der Waals surface area contributed by atoms with Crippen molar-refractivity contribution in [1.29, 1.82) is 0 Å². The van der Waals surface area contributed by atoms with E-state index in [0.717, 1.165) is 18.8 Å². The van der Waals surface area contributed by atoms with Gasteiger partial charge in [0.2, 0.25) is 0 Å². The molecule has 0 spiro atoms. The van der Waals surface area contributed by atoms with Crippen molar-refractivity contribution in [2.75, 3.05) is 6.61 Å². The van der Waals surface area contributed by atoms with Crippen molar-refractivity contribution in [2.45, 2.75) is 122 Å². The van der Waals surface area contributed by atoms with Crippen LogP contribution in [0.3, 0.4) is 0 Å². The molecule has 0 aliphatic heterocycles. The Bertz CT molecular complexity index is 471. The van der Waals surface area contributed by atoms with Gasteiger partial charge in [-0.3, -0.25) is 4.79 Å². The second-order valence-corrected chi connectivity index (χ2v) is 8.91. The molecule has 0 bridgehead atoms. The minimum atomic E-state index is 0.00878. The largest absolute Gasteiger partial charge is 0.466 e. The van der Waals surface area contributed by atoms with E-state index >= 15 is 0 Å². The van der Waals surface area contributed by atoms with Crippen molar-refractivity contribution in [3.63, 3.8) is 0 Å². The fraction of sp³-hybridized carbons (Fsp3) is 0.750. The number of allylic oxidation sites excluding steroid dienone is 6. The average molecular weight is 417 g/mol. The maximum Gasteiger partial charge on any atom is 0.305 e. The Labute approximate surface area is 187 Å². The maximum atomic E-state index is 11.7. The van der Waals surface area contributed by atoms with Gasteiger partial charge in [-0.2, -0.15) is 0 Å². The number of esters is 1. The van der Waals surface area contributed by atoms with Gasteiger partial charge in [-0.1, -0.05) is 120 Å². The van der Waals surface area contributed by atoms with Crippen molar-refractivity contribution < 1.29 is 9.53 Å². The Morgan fingerprint density at radius 2 is 1.33 bits per heavy atom. The van der Waals surface area contributed by atoms with E-state index in [9.17, 15) is 4.79 Å². The zero-order valence-corrected chi connectivity index (χ0v) is 19.8. The average Bonchev–Trinajstić information content (AvgIpc) is 3.57. The number of carbonyl (C=O) groups excluding carboxylic acids is 1. The van der Waals surface area contributed by atoms with E-state index in [0.29, 0.717) is 13.0 Å². The number of rotatable bonds is 21. The van der Waals surface area contributed by atoms with E-state index in [-0.39, 0.29) is 5.97 Å². The highest BCUT2D eigenvalue weighted by Gasteiger charge is 2.19. The lowest BCUT2D eigenvalue weighted by atomic mass is 10.1. The minimum absolute atomic E-state index is 0.00878. The first-order chi connectivity index (χ1) is 14.8. The van der Waals surface area contributed by atoms with Crippen LogP contribution in [0.15, 0.2) is 36.5 Å². The van der Waals surface area contributed by atoms with Crippen LogP contribution >= 0.6 is 0 Å². The molecule has 1 saturated carbocycles. The second kappa shape index (κ2) is 20.9. The zero-order chi connectivity index (χ0) is 21.5. The molecule has 0 unspecified atom stereocenters. The Morgan fingerprint density at radius 3 is 2.03 bits per heavy atom. The van der Waals surface area contributed by atoms with Gasteiger partial charge in [0, 0.05) is 6.42 Å². The van der Waals surface area contributed by atoms with E-state index in [1.165, 1.54) is 96.3 Å². The molecule has 0 radical (unpaired) electrons. The Hall–Kier alpha value is -1.31. The third-order valence-corrected chi connectivity index (χ3v) is 5.80. The van der Waals surface area contributed by atoms with Crippen LogP contribution in [0.1, 0.15) is 122 Å². The van der Waals surface area contributed by atoms with Gasteiger partial charge >= 0.3 is 5.97 Å². The summed E-state index contributed by atoms with van der Waals surface area (Å²) >= 11 is 0. The van der Waals surface area contributed by atoms with Crippen molar-refractivity contribution in [3.05, 3.63) is 36.5 Å². The van der Waals surface area contributed by atoms with E-state index in [1.54, 1.807) is 0 Å². The Balaban J connectivity index is 1.75. The summed E-state index contributed by atoms with van der Waals surface area (Å²) in [6.45, 7) is 2.84. The molecule has 1 rings (SSSR count). The summed E-state index contributed by atoms with van der Waals surface area (Å²) in [6, 6.07) is 0. The number of unbranched alkanes of at least 4 members (excludes halogenated alkanes) is 11. The number of hydrogen-bond donors (Lipinski definition) is 0. The Kier molecular flexibility index (Phi) is 18.7. The Morgan fingerprint density at radius 1 is 0.733 bits per heavy atom. The van der Waals surface area contributed by atoms with Gasteiger partial charge in [0.1, 0.15) is 0 Å². The standard InChI is InChI=1S/C28H48O2/c1-2-3-4-5-6-7-8-9-10-11-12-13-14-15-18-21-26-30-28(29)23-20-17-16-19-22-27-24-25-27/h5-10,27H,2-4,11-26H2,1H3. The fourth-order valence-electron chi connectivity index (χ4n) is 3.59. The van der Waals surface area contributed by atoms with Crippen molar-refractivity contribution in [3.8, 4) is 0 Å². The quantitative estimate of drug-likeness (QED) is 0.106. The summed E-state index contributed by atoms with van der Waals surface area (Å²) in [7, 11) is 0. The topological polar surface area (TPSA) is 26.3 Å². The number of hydrogen-bond acceptors (Lipinski definition) is 2. The van der Waals surface area contributed by atoms with Crippen molar-refractivity contribution >= 4 is 5.97 Å². The highest BCUT2D eigenvalue weighted by Crippen LogP contribution is 2.34. The normalized spacial score (nSPS) is 14.4. The summed E-state index contributed by atoms with van der Waals surface area (Å²) in [5.74, 6) is 1.05. The summed E-state index contributed by atoms with van der Waals surface area (Å²) in [5.41, 5.74) is 0. The monoisotopic (exact) mass is 416 g/mol. The summed E-state index contributed by atoms with van der Waals surface area (Å²) in [4.78, 5) is 11.7. The lowest BCUT2D eigenvalue weighted by Gasteiger charge is -2.05. The molecule has 0 aromatic rings. The van der Waals surface area contributed by atoms with Gasteiger partial charge in [-0.15, -0.1) is 0 Å². The molecule has 30 heavy (non-hydrogen) atoms. The molecule has 2 heteroatoms. The predicted octanol–water partition coefficient (Wildman–Crippen LogP) is 8.87. The lowest BCUT2D eigenvalue weighted by Crippen LogP contribution is -2.05. The molecular weight excluding hydrogens is 368 g/mol. The molecule has 0 heterocycles. The van der Waals surface area contributed by atoms with Gasteiger partial charge in [0.25, 0.3) is 0 Å². The third kappa shape index (κ3) is 20.0. The molecule has 1 fully saturated rings. The van der Waals surface area contributed by atoms with E-state index in [1.807, 2.05) is 0 Å². The molecule has 2 nitrogen and oxygen atoms in total. The molecule has 1 aliphatic rings. The highest BCUT2D eigenvalue weighted by atomic mass is 16.5. The molecule has 172 valence electrons. The third-order valence-electron chi connectivity index (χ3n) is 5.80. The second-order valence-electron chi connectivity index (χ2n) is 8.91. The number of ether oxygens (including phenoxy) is 1. The number of carbonyl (C=O) groups is 1. The molecule has 0 aromatic heterocycles. The first-order valence-corrected chi connectivity index (χ1v) is 13.0. The van der Waals surface area contributed by atoms with Crippen LogP contribution in [0, 0.1) is 5.92 Å². The zero-order valence-electron chi connectivity index (χ0n) is 19.8. The van der Waals surface area contributed by atoms with Crippen LogP contribution in [0.5, 0.6) is 0 Å². The van der Waals surface area contributed by atoms with Crippen molar-refractivity contribution in [2.24, 2.45) is 5.92 Å². The lowest BCUT2D eigenvalue weighted by molar-refractivity contribution is -0.143. The molecule has 0 amide bonds. The van der Waals surface area contributed by atoms with Crippen LogP contribution in [-0.2, 0) is 9.53 Å². The summed E-state index contributed by atoms with van der Waals surface area (Å²) in [6.07, 6.45) is 35.0. The smallest absolute Gasteiger partial charge is 0.305 e. The fourth-order valence-corrected chi connectivity index (χ4v) is 3.59. The molecule has 1 aliphatic carbocycles. The van der Waals surface area contributed by atoms with Crippen molar-refractivity contribution in [1.82, 2.24) is 0 Å². The highest BCUT2D eigenvalue weighted by molar-refractivity contribution is 5.69. The van der Waals surface area contributed by atoms with Gasteiger partial charge in [-0.05, 0) is 38.0 Å². The summed E-state index contributed by atoms with van der Waals surface area (Å²) in [5, 5.41) is 0. The molecule has 0 atom stereocenters. The van der Waals surface area contributed by atoms with Gasteiger partial charge < -0.3 is 4.74 Å². The molecule has 0 N–H and O–H groups in total. The van der Waals surface area contributed by atoms with Gasteiger partial charge in [0.05, 0.1) is 6.61 Å².